The molecule has 152 valence electrons. The topological polar surface area (TPSA) is 65.5 Å². The van der Waals surface area contributed by atoms with Crippen LogP contribution in [-0.2, 0) is 17.9 Å². The van der Waals surface area contributed by atoms with Crippen molar-refractivity contribution in [1.29, 1.82) is 0 Å². The first-order valence-electron chi connectivity index (χ1n) is 8.98. The van der Waals surface area contributed by atoms with Crippen LogP contribution in [0.2, 0.25) is 0 Å². The third kappa shape index (κ3) is 7.46. The normalized spacial score (nSPS) is 11.0. The van der Waals surface area contributed by atoms with Crippen LogP contribution in [0.4, 0.5) is 10.1 Å². The molecule has 0 atom stereocenters. The summed E-state index contributed by atoms with van der Waals surface area (Å²) in [5, 5.41) is 9.32. The Bertz CT molecular complexity index is 807. The average Bonchev–Trinajstić information content (AvgIpc) is 2.65. The van der Waals surface area contributed by atoms with Crippen molar-refractivity contribution < 1.29 is 9.18 Å². The quantitative estimate of drug-likeness (QED) is 0.318. The Balaban J connectivity index is 0.00000392. The number of guanidine groups is 1. The highest BCUT2D eigenvalue weighted by Crippen LogP contribution is 2.11. The van der Waals surface area contributed by atoms with Crippen LogP contribution in [0.5, 0.6) is 0 Å². The largest absolute Gasteiger partial charge is 0.352 e. The van der Waals surface area contributed by atoms with Gasteiger partial charge in [-0.2, -0.15) is 0 Å². The molecule has 2 rings (SSSR count). The van der Waals surface area contributed by atoms with Gasteiger partial charge in [-0.15, -0.1) is 24.0 Å². The molecular formula is C21H28FIN4O. The van der Waals surface area contributed by atoms with Crippen molar-refractivity contribution in [2.24, 2.45) is 10.9 Å². The second-order valence-corrected chi connectivity index (χ2v) is 6.70. The lowest BCUT2D eigenvalue weighted by Gasteiger charge is -2.13. The van der Waals surface area contributed by atoms with Gasteiger partial charge in [0.1, 0.15) is 5.82 Å². The number of carbonyl (C=O) groups is 1. The molecule has 2 aromatic carbocycles. The molecular weight excluding hydrogens is 470 g/mol. The lowest BCUT2D eigenvalue weighted by Crippen LogP contribution is -2.36. The van der Waals surface area contributed by atoms with Crippen molar-refractivity contribution >= 4 is 41.5 Å². The second kappa shape index (κ2) is 11.6. The molecule has 7 heteroatoms. The van der Waals surface area contributed by atoms with Gasteiger partial charge in [0, 0.05) is 31.7 Å². The Morgan fingerprint density at radius 2 is 1.61 bits per heavy atom. The summed E-state index contributed by atoms with van der Waals surface area (Å²) >= 11 is 0. The average molecular weight is 498 g/mol. The zero-order chi connectivity index (χ0) is 19.8. The van der Waals surface area contributed by atoms with Crippen molar-refractivity contribution in [3.05, 3.63) is 65.0 Å². The number of halogens is 2. The number of aryl methyl sites for hydroxylation is 1. The van der Waals surface area contributed by atoms with Crippen LogP contribution < -0.4 is 16.0 Å². The van der Waals surface area contributed by atoms with Gasteiger partial charge < -0.3 is 16.0 Å². The molecule has 1 amide bonds. The summed E-state index contributed by atoms with van der Waals surface area (Å²) in [4.78, 5) is 15.9. The van der Waals surface area contributed by atoms with Crippen LogP contribution in [-0.4, -0.2) is 18.9 Å². The van der Waals surface area contributed by atoms with Crippen LogP contribution in [0.1, 0.15) is 30.5 Å². The zero-order valence-corrected chi connectivity index (χ0v) is 19.0. The third-order valence-corrected chi connectivity index (χ3v) is 4.11. The highest BCUT2D eigenvalue weighted by molar-refractivity contribution is 14.0. The van der Waals surface area contributed by atoms with Gasteiger partial charge in [0.05, 0.1) is 0 Å². The van der Waals surface area contributed by atoms with E-state index in [1.165, 1.54) is 6.07 Å². The monoisotopic (exact) mass is 498 g/mol. The highest BCUT2D eigenvalue weighted by Gasteiger charge is 2.07. The van der Waals surface area contributed by atoms with E-state index < -0.39 is 0 Å². The predicted molar refractivity (Wildman–Crippen MR) is 124 cm³/mol. The van der Waals surface area contributed by atoms with Crippen LogP contribution in [0, 0.1) is 18.7 Å². The fourth-order valence-electron chi connectivity index (χ4n) is 2.40. The molecule has 0 aliphatic rings. The molecule has 0 saturated carbocycles. The SMILES string of the molecule is CN=C(NCc1ccc(NC(=O)C(C)C)cc1)NCc1ccc(F)c(C)c1.I. The van der Waals surface area contributed by atoms with E-state index in [2.05, 4.69) is 20.9 Å². The number of nitrogens with zero attached hydrogens (tertiary/aromatic N) is 1. The summed E-state index contributed by atoms with van der Waals surface area (Å²) in [6.45, 7) is 6.62. The Morgan fingerprint density at radius 3 is 2.14 bits per heavy atom. The number of benzene rings is 2. The molecule has 28 heavy (non-hydrogen) atoms. The summed E-state index contributed by atoms with van der Waals surface area (Å²) in [6.07, 6.45) is 0. The van der Waals surface area contributed by atoms with Gasteiger partial charge in [-0.05, 0) is 41.8 Å². The fraction of sp³-hybridized carbons (Fsp3) is 0.333. The number of amides is 1. The maximum absolute atomic E-state index is 13.3. The lowest BCUT2D eigenvalue weighted by atomic mass is 10.1. The molecule has 0 unspecified atom stereocenters. The van der Waals surface area contributed by atoms with Crippen molar-refractivity contribution in [2.45, 2.75) is 33.9 Å². The Morgan fingerprint density at radius 1 is 1.04 bits per heavy atom. The molecule has 5 nitrogen and oxygen atoms in total. The van der Waals surface area contributed by atoms with Crippen molar-refractivity contribution in [3.8, 4) is 0 Å². The highest BCUT2D eigenvalue weighted by atomic mass is 127. The van der Waals surface area contributed by atoms with Gasteiger partial charge in [0.15, 0.2) is 5.96 Å². The summed E-state index contributed by atoms with van der Waals surface area (Å²) in [6, 6.07) is 12.7. The summed E-state index contributed by atoms with van der Waals surface area (Å²) in [5.74, 6) is 0.413. The fourth-order valence-corrected chi connectivity index (χ4v) is 2.40. The number of aliphatic imine (C=N–C) groups is 1. The Hall–Kier alpha value is -2.16. The van der Waals surface area contributed by atoms with Gasteiger partial charge >= 0.3 is 0 Å². The first-order chi connectivity index (χ1) is 12.9. The molecule has 0 bridgehead atoms. The maximum atomic E-state index is 13.3. The molecule has 0 aliphatic carbocycles. The standard InChI is InChI=1S/C21H27FN4O.HI/c1-14(2)20(27)26-18-8-5-16(6-9-18)12-24-21(23-4)25-13-17-7-10-19(22)15(3)11-17;/h5-11,14H,12-13H2,1-4H3,(H,26,27)(H2,23,24,25);1H. The summed E-state index contributed by atoms with van der Waals surface area (Å²) < 4.78 is 13.3. The van der Waals surface area contributed by atoms with E-state index in [0.29, 0.717) is 24.6 Å². The summed E-state index contributed by atoms with van der Waals surface area (Å²) in [7, 11) is 1.70. The predicted octanol–water partition coefficient (Wildman–Crippen LogP) is 4.21. The lowest BCUT2D eigenvalue weighted by molar-refractivity contribution is -0.118. The molecule has 0 radical (unpaired) electrons. The zero-order valence-electron chi connectivity index (χ0n) is 16.7. The number of hydrogen-bond acceptors (Lipinski definition) is 2. The minimum atomic E-state index is -0.200. The van der Waals surface area contributed by atoms with Crippen molar-refractivity contribution in [3.63, 3.8) is 0 Å². The van der Waals surface area contributed by atoms with E-state index in [4.69, 9.17) is 0 Å². The molecule has 0 fully saturated rings. The number of anilines is 1. The molecule has 3 N–H and O–H groups in total. The molecule has 0 heterocycles. The Kier molecular flexibility index (Phi) is 9.92. The van der Waals surface area contributed by atoms with E-state index in [0.717, 1.165) is 16.8 Å². The van der Waals surface area contributed by atoms with E-state index in [1.54, 1.807) is 20.0 Å². The number of carbonyl (C=O) groups excluding carboxylic acids is 1. The smallest absolute Gasteiger partial charge is 0.226 e. The number of rotatable bonds is 6. The van der Waals surface area contributed by atoms with E-state index >= 15 is 0 Å². The van der Waals surface area contributed by atoms with E-state index in [1.807, 2.05) is 44.2 Å². The van der Waals surface area contributed by atoms with E-state index in [-0.39, 0.29) is 41.6 Å². The van der Waals surface area contributed by atoms with Gasteiger partial charge in [-0.1, -0.05) is 38.1 Å². The van der Waals surface area contributed by atoms with Gasteiger partial charge in [0.25, 0.3) is 0 Å². The maximum Gasteiger partial charge on any atom is 0.226 e. The summed E-state index contributed by atoms with van der Waals surface area (Å²) in [5.41, 5.74) is 3.47. The number of nitrogens with one attached hydrogen (secondary N) is 3. The van der Waals surface area contributed by atoms with Gasteiger partial charge in [-0.25, -0.2) is 4.39 Å². The molecule has 0 spiro atoms. The van der Waals surface area contributed by atoms with Crippen LogP contribution in [0.15, 0.2) is 47.5 Å². The second-order valence-electron chi connectivity index (χ2n) is 6.70. The minimum absolute atomic E-state index is 0. The van der Waals surface area contributed by atoms with Crippen LogP contribution in [0.25, 0.3) is 0 Å². The first kappa shape index (κ1) is 23.9. The molecule has 2 aromatic rings. The Labute approximate surface area is 183 Å². The number of hydrogen-bond donors (Lipinski definition) is 3. The third-order valence-electron chi connectivity index (χ3n) is 4.11. The minimum Gasteiger partial charge on any atom is -0.352 e. The first-order valence-corrected chi connectivity index (χ1v) is 8.98. The van der Waals surface area contributed by atoms with Crippen LogP contribution >= 0.6 is 24.0 Å². The van der Waals surface area contributed by atoms with Crippen molar-refractivity contribution in [1.82, 2.24) is 10.6 Å². The molecule has 0 saturated heterocycles. The van der Waals surface area contributed by atoms with Gasteiger partial charge in [0.2, 0.25) is 5.91 Å². The van der Waals surface area contributed by atoms with Crippen LogP contribution in [0.3, 0.4) is 0 Å². The molecule has 0 aliphatic heterocycles. The molecule has 0 aromatic heterocycles. The van der Waals surface area contributed by atoms with Gasteiger partial charge in [-0.3, -0.25) is 9.79 Å². The van der Waals surface area contributed by atoms with E-state index in [9.17, 15) is 9.18 Å². The van der Waals surface area contributed by atoms with Crippen molar-refractivity contribution in [2.75, 3.05) is 12.4 Å².